The van der Waals surface area contributed by atoms with Crippen LogP contribution in [0.25, 0.3) is 0 Å². The van der Waals surface area contributed by atoms with E-state index in [-0.39, 0.29) is 36.6 Å². The van der Waals surface area contributed by atoms with E-state index in [4.69, 9.17) is 17.3 Å². The number of Topliss-reactive ketones (excluding diaryl/α,β-unsaturated/α-hetero) is 1. The van der Waals surface area contributed by atoms with Crippen LogP contribution in [0, 0.1) is 5.92 Å². The fourth-order valence-corrected chi connectivity index (χ4v) is 2.50. The fraction of sp³-hybridized carbons (Fsp3) is 0.429. The van der Waals surface area contributed by atoms with Gasteiger partial charge in [0, 0.05) is 29.6 Å². The standard InChI is InChI=1S/C14H17ClN2O2.ClH/c15-12-3-1-10(2-4-12)14(19)11-5-7-17(8-6-11)13(18)9-16;/h1-4,11H,5-9,16H2;1H. The van der Waals surface area contributed by atoms with E-state index in [1.54, 1.807) is 29.2 Å². The Morgan fingerprint density at radius 3 is 2.25 bits per heavy atom. The summed E-state index contributed by atoms with van der Waals surface area (Å²) in [6.07, 6.45) is 1.40. The molecule has 110 valence electrons. The molecule has 1 aromatic carbocycles. The predicted molar refractivity (Wildman–Crippen MR) is 81.4 cm³/mol. The maximum atomic E-state index is 12.3. The van der Waals surface area contributed by atoms with Crippen LogP contribution >= 0.6 is 24.0 Å². The molecule has 2 rings (SSSR count). The number of ketones is 1. The van der Waals surface area contributed by atoms with Gasteiger partial charge >= 0.3 is 0 Å². The number of hydrogen-bond acceptors (Lipinski definition) is 3. The van der Waals surface area contributed by atoms with Gasteiger partial charge in [0.15, 0.2) is 5.78 Å². The maximum Gasteiger partial charge on any atom is 0.236 e. The Morgan fingerprint density at radius 1 is 1.20 bits per heavy atom. The molecule has 2 N–H and O–H groups in total. The summed E-state index contributed by atoms with van der Waals surface area (Å²) in [7, 11) is 0. The van der Waals surface area contributed by atoms with Crippen molar-refractivity contribution in [2.24, 2.45) is 11.7 Å². The monoisotopic (exact) mass is 316 g/mol. The molecule has 1 aliphatic heterocycles. The summed E-state index contributed by atoms with van der Waals surface area (Å²) in [5, 5.41) is 0.625. The zero-order chi connectivity index (χ0) is 13.8. The van der Waals surface area contributed by atoms with Gasteiger partial charge in [0.25, 0.3) is 0 Å². The molecule has 6 heteroatoms. The van der Waals surface area contributed by atoms with Crippen molar-refractivity contribution >= 4 is 35.7 Å². The molecule has 0 bridgehead atoms. The van der Waals surface area contributed by atoms with Crippen molar-refractivity contribution in [2.45, 2.75) is 12.8 Å². The summed E-state index contributed by atoms with van der Waals surface area (Å²) in [4.78, 5) is 25.5. The molecule has 0 radical (unpaired) electrons. The van der Waals surface area contributed by atoms with Gasteiger partial charge in [0.1, 0.15) is 0 Å². The van der Waals surface area contributed by atoms with Crippen molar-refractivity contribution in [3.63, 3.8) is 0 Å². The molecule has 0 aliphatic carbocycles. The van der Waals surface area contributed by atoms with Crippen molar-refractivity contribution in [1.82, 2.24) is 4.90 Å². The summed E-state index contributed by atoms with van der Waals surface area (Å²) in [5.74, 6) is 0.0805. The van der Waals surface area contributed by atoms with Gasteiger partial charge in [-0.2, -0.15) is 0 Å². The Labute approximate surface area is 129 Å². The van der Waals surface area contributed by atoms with Gasteiger partial charge in [-0.05, 0) is 37.1 Å². The molecule has 0 aromatic heterocycles. The van der Waals surface area contributed by atoms with Crippen molar-refractivity contribution in [3.05, 3.63) is 34.9 Å². The fourth-order valence-electron chi connectivity index (χ4n) is 2.37. The minimum Gasteiger partial charge on any atom is -0.342 e. The summed E-state index contributed by atoms with van der Waals surface area (Å²) in [5.41, 5.74) is 6.02. The number of carbonyl (C=O) groups excluding carboxylic acids is 2. The van der Waals surface area contributed by atoms with Crippen LogP contribution in [-0.2, 0) is 4.79 Å². The second-order valence-corrected chi connectivity index (χ2v) is 5.17. The van der Waals surface area contributed by atoms with E-state index in [9.17, 15) is 9.59 Å². The highest BCUT2D eigenvalue weighted by Crippen LogP contribution is 2.22. The highest BCUT2D eigenvalue weighted by Gasteiger charge is 2.27. The molecule has 1 aromatic rings. The third-order valence-electron chi connectivity index (χ3n) is 3.52. The quantitative estimate of drug-likeness (QED) is 0.869. The van der Waals surface area contributed by atoms with E-state index in [0.29, 0.717) is 36.5 Å². The van der Waals surface area contributed by atoms with Crippen molar-refractivity contribution in [3.8, 4) is 0 Å². The van der Waals surface area contributed by atoms with Crippen LogP contribution in [0.15, 0.2) is 24.3 Å². The zero-order valence-electron chi connectivity index (χ0n) is 11.0. The Kier molecular flexibility index (Phi) is 6.46. The highest BCUT2D eigenvalue weighted by atomic mass is 35.5. The van der Waals surface area contributed by atoms with E-state index in [0.717, 1.165) is 0 Å². The van der Waals surface area contributed by atoms with Crippen LogP contribution in [0.4, 0.5) is 0 Å². The summed E-state index contributed by atoms with van der Waals surface area (Å²) >= 11 is 5.80. The van der Waals surface area contributed by atoms with E-state index in [1.165, 1.54) is 0 Å². The molecule has 1 saturated heterocycles. The van der Waals surface area contributed by atoms with E-state index in [2.05, 4.69) is 0 Å². The molecular formula is C14H18Cl2N2O2. The van der Waals surface area contributed by atoms with Crippen LogP contribution in [0.2, 0.25) is 5.02 Å². The van der Waals surface area contributed by atoms with E-state index < -0.39 is 0 Å². The first-order valence-corrected chi connectivity index (χ1v) is 6.77. The average molecular weight is 317 g/mol. The second-order valence-electron chi connectivity index (χ2n) is 4.73. The predicted octanol–water partition coefficient (Wildman–Crippen LogP) is 2.14. The Morgan fingerprint density at radius 2 is 1.75 bits per heavy atom. The number of likely N-dealkylation sites (tertiary alicyclic amines) is 1. The first kappa shape index (κ1) is 17.0. The summed E-state index contributed by atoms with van der Waals surface area (Å²) in [6.45, 7) is 1.26. The topological polar surface area (TPSA) is 63.4 Å². The van der Waals surface area contributed by atoms with Gasteiger partial charge in [-0.1, -0.05) is 11.6 Å². The highest BCUT2D eigenvalue weighted by molar-refractivity contribution is 6.30. The number of halogens is 2. The minimum absolute atomic E-state index is 0. The van der Waals surface area contributed by atoms with Gasteiger partial charge in [-0.15, -0.1) is 12.4 Å². The van der Waals surface area contributed by atoms with Crippen molar-refractivity contribution in [2.75, 3.05) is 19.6 Å². The molecule has 20 heavy (non-hydrogen) atoms. The lowest BCUT2D eigenvalue weighted by atomic mass is 9.89. The smallest absolute Gasteiger partial charge is 0.236 e. The van der Waals surface area contributed by atoms with Crippen LogP contribution in [-0.4, -0.2) is 36.2 Å². The number of hydrogen-bond donors (Lipinski definition) is 1. The zero-order valence-corrected chi connectivity index (χ0v) is 12.6. The molecular weight excluding hydrogens is 299 g/mol. The Balaban J connectivity index is 0.00000200. The molecule has 0 unspecified atom stereocenters. The minimum atomic E-state index is -0.0441. The molecule has 1 aliphatic rings. The number of carbonyl (C=O) groups is 2. The normalized spacial score (nSPS) is 15.6. The van der Waals surface area contributed by atoms with Gasteiger partial charge in [-0.25, -0.2) is 0 Å². The first-order valence-electron chi connectivity index (χ1n) is 6.39. The maximum absolute atomic E-state index is 12.3. The van der Waals surface area contributed by atoms with Crippen LogP contribution in [0.3, 0.4) is 0 Å². The van der Waals surface area contributed by atoms with Crippen LogP contribution in [0.5, 0.6) is 0 Å². The summed E-state index contributed by atoms with van der Waals surface area (Å²) in [6, 6.07) is 6.95. The molecule has 1 amide bonds. The lowest BCUT2D eigenvalue weighted by molar-refractivity contribution is -0.130. The van der Waals surface area contributed by atoms with Crippen LogP contribution in [0.1, 0.15) is 23.2 Å². The number of nitrogens with zero attached hydrogens (tertiary/aromatic N) is 1. The SMILES string of the molecule is Cl.NCC(=O)N1CCC(C(=O)c2ccc(Cl)cc2)CC1. The average Bonchev–Trinajstić information content (AvgIpc) is 2.46. The molecule has 0 atom stereocenters. The number of benzene rings is 1. The largest absolute Gasteiger partial charge is 0.342 e. The molecule has 0 spiro atoms. The lowest BCUT2D eigenvalue weighted by Crippen LogP contribution is -2.43. The second kappa shape index (κ2) is 7.62. The van der Waals surface area contributed by atoms with Gasteiger partial charge in [0.2, 0.25) is 5.91 Å². The molecule has 1 heterocycles. The van der Waals surface area contributed by atoms with Gasteiger partial charge < -0.3 is 10.6 Å². The Hall–Kier alpha value is -1.10. The first-order chi connectivity index (χ1) is 9.11. The number of nitrogens with two attached hydrogens (primary N) is 1. The van der Waals surface area contributed by atoms with Crippen molar-refractivity contribution < 1.29 is 9.59 Å². The molecule has 0 saturated carbocycles. The number of amides is 1. The third-order valence-corrected chi connectivity index (χ3v) is 3.77. The van der Waals surface area contributed by atoms with E-state index >= 15 is 0 Å². The van der Waals surface area contributed by atoms with E-state index in [1.807, 2.05) is 0 Å². The molecule has 1 fully saturated rings. The van der Waals surface area contributed by atoms with Crippen molar-refractivity contribution in [1.29, 1.82) is 0 Å². The lowest BCUT2D eigenvalue weighted by Gasteiger charge is -2.31. The Bertz CT molecular complexity index is 469. The summed E-state index contributed by atoms with van der Waals surface area (Å²) < 4.78 is 0. The molecule has 4 nitrogen and oxygen atoms in total. The number of rotatable bonds is 3. The number of piperidine rings is 1. The van der Waals surface area contributed by atoms with Crippen LogP contribution < -0.4 is 5.73 Å². The van der Waals surface area contributed by atoms with Gasteiger partial charge in [-0.3, -0.25) is 9.59 Å². The van der Waals surface area contributed by atoms with Gasteiger partial charge in [0.05, 0.1) is 6.54 Å². The third kappa shape index (κ3) is 3.95.